The molecule has 0 fully saturated rings. The van der Waals surface area contributed by atoms with Crippen molar-refractivity contribution < 1.29 is 0 Å². The smallest absolute Gasteiger partial charge is 0.0725 e. The lowest BCUT2D eigenvalue weighted by atomic mass is 9.70. The summed E-state index contributed by atoms with van der Waals surface area (Å²) in [4.78, 5) is 18.7. The van der Waals surface area contributed by atoms with Gasteiger partial charge >= 0.3 is 0 Å². The van der Waals surface area contributed by atoms with Gasteiger partial charge in [-0.05, 0) is 163 Å². The molecule has 67 heavy (non-hydrogen) atoms. The molecule has 2 aliphatic carbocycles. The van der Waals surface area contributed by atoms with Gasteiger partial charge in [-0.25, -0.2) is 9.97 Å². The van der Waals surface area contributed by atoms with Gasteiger partial charge in [0.15, 0.2) is 0 Å². The minimum atomic E-state index is -0.437. The van der Waals surface area contributed by atoms with E-state index in [1.807, 2.05) is 49.1 Å². The Morgan fingerprint density at radius 1 is 0.224 bits per heavy atom. The first-order chi connectivity index (χ1) is 33.2. The van der Waals surface area contributed by atoms with E-state index in [9.17, 15) is 0 Å². The summed E-state index contributed by atoms with van der Waals surface area (Å²) in [7, 11) is 0. The zero-order valence-corrected chi connectivity index (χ0v) is 36.4. The summed E-state index contributed by atoms with van der Waals surface area (Å²) in [6.07, 6.45) is 7.25. The van der Waals surface area contributed by atoms with Crippen molar-refractivity contribution in [2.45, 2.75) is 5.41 Å². The Balaban J connectivity index is 0.986. The van der Waals surface area contributed by atoms with Crippen molar-refractivity contribution in [3.8, 4) is 101 Å². The molecule has 0 N–H and O–H groups in total. The van der Waals surface area contributed by atoms with Crippen LogP contribution >= 0.6 is 0 Å². The highest BCUT2D eigenvalue weighted by molar-refractivity contribution is 5.96. The van der Waals surface area contributed by atoms with E-state index in [1.54, 1.807) is 0 Å². The maximum atomic E-state index is 5.12. The molecule has 11 aromatic rings. The van der Waals surface area contributed by atoms with Gasteiger partial charge in [0.2, 0.25) is 0 Å². The molecule has 13 rings (SSSR count). The Bertz CT molecular complexity index is 3500. The van der Waals surface area contributed by atoms with E-state index < -0.39 is 5.41 Å². The number of benzene rings is 7. The molecule has 4 aromatic heterocycles. The second-order valence-electron chi connectivity index (χ2n) is 17.4. The lowest BCUT2D eigenvalue weighted by Crippen LogP contribution is -2.25. The summed E-state index contributed by atoms with van der Waals surface area (Å²) in [5.74, 6) is 0. The fourth-order valence-electron chi connectivity index (χ4n) is 10.7. The summed E-state index contributed by atoms with van der Waals surface area (Å²) in [5.41, 5.74) is 24.7. The van der Waals surface area contributed by atoms with E-state index in [0.29, 0.717) is 0 Å². The Hall–Kier alpha value is -8.86. The number of rotatable bonds is 7. The van der Waals surface area contributed by atoms with Crippen LogP contribution in [0.15, 0.2) is 243 Å². The van der Waals surface area contributed by atoms with Gasteiger partial charge in [-0.1, -0.05) is 133 Å². The molecule has 1 spiro atoms. The summed E-state index contributed by atoms with van der Waals surface area (Å²) in [6.45, 7) is 0. The van der Waals surface area contributed by atoms with Gasteiger partial charge in [0.1, 0.15) is 0 Å². The van der Waals surface area contributed by atoms with Crippen LogP contribution in [0.2, 0.25) is 0 Å². The van der Waals surface area contributed by atoms with Crippen molar-refractivity contribution in [3.63, 3.8) is 0 Å². The molecule has 0 bridgehead atoms. The van der Waals surface area contributed by atoms with Gasteiger partial charge in [0.05, 0.1) is 28.2 Å². The van der Waals surface area contributed by atoms with Gasteiger partial charge in [0, 0.05) is 47.0 Å². The second-order valence-corrected chi connectivity index (χ2v) is 17.4. The summed E-state index contributed by atoms with van der Waals surface area (Å²) in [6, 6.07) is 79.3. The normalized spacial score (nSPS) is 12.6. The monoisotopic (exact) mass is 852 g/mol. The molecule has 7 aromatic carbocycles. The zero-order valence-electron chi connectivity index (χ0n) is 36.4. The quantitative estimate of drug-likeness (QED) is 0.160. The molecule has 312 valence electrons. The lowest BCUT2D eigenvalue weighted by Gasteiger charge is -2.30. The Kier molecular flexibility index (Phi) is 9.04. The SMILES string of the molecule is c1cc(-c2cc(-c3cccc(-c4cccc(-c5ccncc5)n4)c3)cc(-c3ccc4c(c3)C3(c5ccccc5-c5ccccc53)c3ccccc3-4)c2)cc(-c2cccc(-c3ccncc3)n2)c1. The van der Waals surface area contributed by atoms with Crippen LogP contribution in [0.4, 0.5) is 0 Å². The highest BCUT2D eigenvalue weighted by Gasteiger charge is 2.51. The third kappa shape index (κ3) is 6.37. The third-order valence-corrected chi connectivity index (χ3v) is 13.7. The fourth-order valence-corrected chi connectivity index (χ4v) is 10.7. The van der Waals surface area contributed by atoms with E-state index in [2.05, 4.69) is 204 Å². The van der Waals surface area contributed by atoms with Crippen LogP contribution in [-0.4, -0.2) is 19.9 Å². The average molecular weight is 853 g/mol. The van der Waals surface area contributed by atoms with Crippen LogP contribution in [0, 0.1) is 0 Å². The standard InChI is InChI=1S/C63H40N4/c1-4-18-55-51(15-1)52-16-2-5-19-56(52)63(55)57-20-6-3-17-53(57)54-26-25-45(40-58(54)63)50-38-48(43-11-7-13-46(35-43)61-23-9-21-59(66-61)41-27-31-64-32-28-41)37-49(39-50)44-12-8-14-47(36-44)62-24-10-22-60(67-62)42-29-33-65-34-30-42/h1-40H. The summed E-state index contributed by atoms with van der Waals surface area (Å²) >= 11 is 0. The Labute approximate surface area is 389 Å². The topological polar surface area (TPSA) is 51.6 Å². The molecule has 0 saturated heterocycles. The van der Waals surface area contributed by atoms with Gasteiger partial charge in [0.25, 0.3) is 0 Å². The van der Waals surface area contributed by atoms with E-state index in [1.165, 1.54) is 50.1 Å². The zero-order chi connectivity index (χ0) is 44.3. The van der Waals surface area contributed by atoms with Crippen molar-refractivity contribution in [2.75, 3.05) is 0 Å². The van der Waals surface area contributed by atoms with E-state index >= 15 is 0 Å². The van der Waals surface area contributed by atoms with Crippen LogP contribution in [0.1, 0.15) is 22.3 Å². The number of nitrogens with zero attached hydrogens (tertiary/aromatic N) is 4. The molecule has 0 unspecified atom stereocenters. The summed E-state index contributed by atoms with van der Waals surface area (Å²) < 4.78 is 0. The van der Waals surface area contributed by atoms with Crippen LogP contribution in [0.5, 0.6) is 0 Å². The minimum Gasteiger partial charge on any atom is -0.265 e. The minimum absolute atomic E-state index is 0.437. The van der Waals surface area contributed by atoms with Gasteiger partial charge in [-0.2, -0.15) is 0 Å². The maximum absolute atomic E-state index is 5.12. The highest BCUT2D eigenvalue weighted by atomic mass is 14.7. The molecule has 0 amide bonds. The predicted octanol–water partition coefficient (Wildman–Crippen LogP) is 15.3. The van der Waals surface area contributed by atoms with Crippen LogP contribution in [0.25, 0.3) is 101 Å². The number of pyridine rings is 4. The molecule has 2 aliphatic rings. The molecule has 4 heterocycles. The van der Waals surface area contributed by atoms with E-state index in [0.717, 1.165) is 72.8 Å². The van der Waals surface area contributed by atoms with Crippen molar-refractivity contribution in [1.82, 2.24) is 19.9 Å². The van der Waals surface area contributed by atoms with E-state index in [-0.39, 0.29) is 0 Å². The molecule has 0 aliphatic heterocycles. The number of hydrogen-bond donors (Lipinski definition) is 0. The molecule has 0 atom stereocenters. The number of aromatic nitrogens is 4. The Morgan fingerprint density at radius 3 is 1.01 bits per heavy atom. The first-order valence-corrected chi connectivity index (χ1v) is 22.7. The highest BCUT2D eigenvalue weighted by Crippen LogP contribution is 2.63. The van der Waals surface area contributed by atoms with Crippen molar-refractivity contribution in [1.29, 1.82) is 0 Å². The molecule has 4 nitrogen and oxygen atoms in total. The third-order valence-electron chi connectivity index (χ3n) is 13.7. The van der Waals surface area contributed by atoms with Gasteiger partial charge in [-0.3, -0.25) is 9.97 Å². The molecular formula is C63H40N4. The maximum Gasteiger partial charge on any atom is 0.0725 e. The number of hydrogen-bond acceptors (Lipinski definition) is 4. The largest absolute Gasteiger partial charge is 0.265 e. The second kappa shape index (κ2) is 15.7. The first-order valence-electron chi connectivity index (χ1n) is 22.7. The average Bonchev–Trinajstić information content (AvgIpc) is 3.88. The van der Waals surface area contributed by atoms with E-state index in [4.69, 9.17) is 9.97 Å². The van der Waals surface area contributed by atoms with Crippen LogP contribution < -0.4 is 0 Å². The number of fused-ring (bicyclic) bond motifs is 10. The molecular weight excluding hydrogens is 813 g/mol. The van der Waals surface area contributed by atoms with Gasteiger partial charge < -0.3 is 0 Å². The predicted molar refractivity (Wildman–Crippen MR) is 272 cm³/mol. The van der Waals surface area contributed by atoms with Crippen LogP contribution in [0.3, 0.4) is 0 Å². The van der Waals surface area contributed by atoms with Gasteiger partial charge in [-0.15, -0.1) is 0 Å². The Morgan fingerprint density at radius 2 is 0.567 bits per heavy atom. The summed E-state index contributed by atoms with van der Waals surface area (Å²) in [5, 5.41) is 0. The molecule has 0 radical (unpaired) electrons. The first kappa shape index (κ1) is 38.6. The van der Waals surface area contributed by atoms with Crippen LogP contribution in [-0.2, 0) is 5.41 Å². The van der Waals surface area contributed by atoms with Crippen molar-refractivity contribution in [3.05, 3.63) is 265 Å². The fraction of sp³-hybridized carbons (Fsp3) is 0.0159. The lowest BCUT2D eigenvalue weighted by molar-refractivity contribution is 0.794. The van der Waals surface area contributed by atoms with Crippen molar-refractivity contribution >= 4 is 0 Å². The molecule has 4 heteroatoms. The molecule has 0 saturated carbocycles. The van der Waals surface area contributed by atoms with Crippen molar-refractivity contribution in [2.24, 2.45) is 0 Å².